The van der Waals surface area contributed by atoms with Crippen LogP contribution in [0.15, 0.2) is 36.7 Å². The van der Waals surface area contributed by atoms with Crippen LogP contribution in [0, 0.1) is 6.92 Å². The molecule has 0 amide bonds. The lowest BCUT2D eigenvalue weighted by Crippen LogP contribution is -2.03. The van der Waals surface area contributed by atoms with Crippen molar-refractivity contribution in [1.29, 1.82) is 0 Å². The van der Waals surface area contributed by atoms with E-state index in [1.807, 2.05) is 19.3 Å². The molecule has 0 aliphatic heterocycles. The number of imidazole rings is 1. The molecule has 0 aliphatic rings. The van der Waals surface area contributed by atoms with Gasteiger partial charge in [-0.3, -0.25) is 0 Å². The maximum Gasteiger partial charge on any atom is 0.110 e. The third-order valence-corrected chi connectivity index (χ3v) is 2.47. The summed E-state index contributed by atoms with van der Waals surface area (Å²) in [6.07, 6.45) is 4.71. The van der Waals surface area contributed by atoms with Gasteiger partial charge in [0.2, 0.25) is 0 Å². The van der Waals surface area contributed by atoms with Crippen LogP contribution in [0.5, 0.6) is 0 Å². The highest BCUT2D eigenvalue weighted by Gasteiger charge is 1.99. The van der Waals surface area contributed by atoms with Crippen LogP contribution in [0.2, 0.25) is 0 Å². The molecule has 0 unspecified atom stereocenters. The number of rotatable bonds is 3. The van der Waals surface area contributed by atoms with E-state index in [2.05, 4.69) is 33.8 Å². The number of nitrogens with zero attached hydrogens (tertiary/aromatic N) is 2. The van der Waals surface area contributed by atoms with Gasteiger partial charge in [0.05, 0.1) is 0 Å². The third-order valence-electron chi connectivity index (χ3n) is 2.47. The van der Waals surface area contributed by atoms with E-state index < -0.39 is 0 Å². The Kier molecular flexibility index (Phi) is 2.83. The van der Waals surface area contributed by atoms with E-state index in [0.29, 0.717) is 6.54 Å². The van der Waals surface area contributed by atoms with Crippen molar-refractivity contribution >= 4 is 0 Å². The lowest BCUT2D eigenvalue weighted by atomic mass is 10.1. The summed E-state index contributed by atoms with van der Waals surface area (Å²) in [5.74, 6) is 1.00. The first-order valence-corrected chi connectivity index (χ1v) is 5.10. The molecule has 0 fully saturated rings. The summed E-state index contributed by atoms with van der Waals surface area (Å²) in [6.45, 7) is 2.69. The highest BCUT2D eigenvalue weighted by molar-refractivity contribution is 5.35. The van der Waals surface area contributed by atoms with Crippen molar-refractivity contribution in [3.8, 4) is 5.69 Å². The molecule has 2 N–H and O–H groups in total. The van der Waals surface area contributed by atoms with E-state index in [-0.39, 0.29) is 0 Å². The molecule has 1 aromatic carbocycles. The van der Waals surface area contributed by atoms with E-state index in [0.717, 1.165) is 17.9 Å². The van der Waals surface area contributed by atoms with Gasteiger partial charge in [-0.25, -0.2) is 4.98 Å². The topological polar surface area (TPSA) is 43.8 Å². The van der Waals surface area contributed by atoms with Crippen molar-refractivity contribution in [2.75, 3.05) is 6.54 Å². The Labute approximate surface area is 89.6 Å². The predicted molar refractivity (Wildman–Crippen MR) is 61.1 cm³/mol. The van der Waals surface area contributed by atoms with Crippen LogP contribution in [0.3, 0.4) is 0 Å². The summed E-state index contributed by atoms with van der Waals surface area (Å²) >= 11 is 0. The minimum absolute atomic E-state index is 0.698. The average molecular weight is 201 g/mol. The van der Waals surface area contributed by atoms with Crippen LogP contribution < -0.4 is 5.73 Å². The van der Waals surface area contributed by atoms with Gasteiger partial charge in [0.25, 0.3) is 0 Å². The Hall–Kier alpha value is -1.61. The lowest BCUT2D eigenvalue weighted by molar-refractivity contribution is 0.953. The van der Waals surface area contributed by atoms with Gasteiger partial charge in [-0.05, 0) is 37.6 Å². The highest BCUT2D eigenvalue weighted by atomic mass is 15.1. The second kappa shape index (κ2) is 4.28. The van der Waals surface area contributed by atoms with Crippen LogP contribution >= 0.6 is 0 Å². The van der Waals surface area contributed by atoms with Crippen LogP contribution in [0.1, 0.15) is 11.4 Å². The largest absolute Gasteiger partial charge is 0.330 e. The first-order valence-electron chi connectivity index (χ1n) is 5.10. The van der Waals surface area contributed by atoms with Crippen molar-refractivity contribution < 1.29 is 0 Å². The second-order valence-corrected chi connectivity index (χ2v) is 3.55. The number of aromatic nitrogens is 2. The summed E-state index contributed by atoms with van der Waals surface area (Å²) in [5.41, 5.74) is 7.92. The number of nitrogens with two attached hydrogens (primary N) is 1. The number of benzene rings is 1. The first-order chi connectivity index (χ1) is 7.31. The summed E-state index contributed by atoms with van der Waals surface area (Å²) in [4.78, 5) is 4.19. The fourth-order valence-corrected chi connectivity index (χ4v) is 1.64. The zero-order valence-electron chi connectivity index (χ0n) is 8.85. The Bertz CT molecular complexity index is 428. The number of hydrogen-bond acceptors (Lipinski definition) is 2. The van der Waals surface area contributed by atoms with Crippen LogP contribution in [-0.2, 0) is 6.42 Å². The molecule has 3 nitrogen and oxygen atoms in total. The van der Waals surface area contributed by atoms with E-state index in [1.165, 1.54) is 5.56 Å². The normalized spacial score (nSPS) is 10.5. The van der Waals surface area contributed by atoms with Crippen LogP contribution in [-0.4, -0.2) is 16.1 Å². The Morgan fingerprint density at radius 1 is 1.27 bits per heavy atom. The highest BCUT2D eigenvalue weighted by Crippen LogP contribution is 2.11. The fraction of sp³-hybridized carbons (Fsp3) is 0.250. The summed E-state index contributed by atoms with van der Waals surface area (Å²) in [5, 5.41) is 0. The van der Waals surface area contributed by atoms with E-state index in [9.17, 15) is 0 Å². The van der Waals surface area contributed by atoms with E-state index in [4.69, 9.17) is 5.73 Å². The van der Waals surface area contributed by atoms with Crippen LogP contribution in [0.25, 0.3) is 5.69 Å². The number of aryl methyl sites for hydroxylation is 1. The molecule has 2 rings (SSSR count). The quantitative estimate of drug-likeness (QED) is 0.821. The summed E-state index contributed by atoms with van der Waals surface area (Å²) in [6, 6.07) is 8.42. The average Bonchev–Trinajstić information content (AvgIpc) is 2.66. The lowest BCUT2D eigenvalue weighted by Gasteiger charge is -2.05. The molecular formula is C12H15N3. The fourth-order valence-electron chi connectivity index (χ4n) is 1.64. The minimum atomic E-state index is 0.698. The van der Waals surface area contributed by atoms with Gasteiger partial charge in [0.1, 0.15) is 5.82 Å². The molecule has 0 radical (unpaired) electrons. The Balaban J connectivity index is 2.28. The maximum absolute atomic E-state index is 5.50. The molecule has 78 valence electrons. The monoisotopic (exact) mass is 201 g/mol. The van der Waals surface area contributed by atoms with Crippen molar-refractivity contribution in [3.05, 3.63) is 48.0 Å². The van der Waals surface area contributed by atoms with Crippen molar-refractivity contribution in [2.24, 2.45) is 5.73 Å². The third kappa shape index (κ3) is 2.07. The predicted octanol–water partition coefficient (Wildman–Crippen LogP) is 1.68. The van der Waals surface area contributed by atoms with Gasteiger partial charge in [0, 0.05) is 18.1 Å². The van der Waals surface area contributed by atoms with Crippen molar-refractivity contribution in [2.45, 2.75) is 13.3 Å². The molecule has 1 heterocycles. The first kappa shape index (κ1) is 9.93. The maximum atomic E-state index is 5.50. The summed E-state index contributed by atoms with van der Waals surface area (Å²) < 4.78 is 2.06. The molecule has 0 atom stereocenters. The van der Waals surface area contributed by atoms with Gasteiger partial charge in [-0.2, -0.15) is 0 Å². The van der Waals surface area contributed by atoms with Gasteiger partial charge >= 0.3 is 0 Å². The smallest absolute Gasteiger partial charge is 0.110 e. The standard InChI is InChI=1S/C12H15N3/c1-10-14-8-9-15(10)12-4-2-11(3-5-12)6-7-13/h2-5,8-9H,6-7,13H2,1H3. The SMILES string of the molecule is Cc1nccn1-c1ccc(CCN)cc1. The van der Waals surface area contributed by atoms with Gasteiger partial charge in [0.15, 0.2) is 0 Å². The number of hydrogen-bond donors (Lipinski definition) is 1. The molecule has 0 saturated heterocycles. The zero-order chi connectivity index (χ0) is 10.7. The molecule has 3 heteroatoms. The Morgan fingerprint density at radius 2 is 2.00 bits per heavy atom. The molecule has 0 aliphatic carbocycles. The molecule has 0 bridgehead atoms. The summed E-state index contributed by atoms with van der Waals surface area (Å²) in [7, 11) is 0. The van der Waals surface area contributed by atoms with E-state index >= 15 is 0 Å². The van der Waals surface area contributed by atoms with Gasteiger partial charge in [-0.15, -0.1) is 0 Å². The molecule has 15 heavy (non-hydrogen) atoms. The molecule has 0 saturated carbocycles. The van der Waals surface area contributed by atoms with Crippen LogP contribution in [0.4, 0.5) is 0 Å². The molecule has 2 aromatic rings. The second-order valence-electron chi connectivity index (χ2n) is 3.55. The van der Waals surface area contributed by atoms with Crippen molar-refractivity contribution in [3.63, 3.8) is 0 Å². The molecule has 1 aromatic heterocycles. The van der Waals surface area contributed by atoms with Crippen molar-refractivity contribution in [1.82, 2.24) is 9.55 Å². The molecular weight excluding hydrogens is 186 g/mol. The van der Waals surface area contributed by atoms with E-state index in [1.54, 1.807) is 0 Å². The van der Waals surface area contributed by atoms with Gasteiger partial charge in [-0.1, -0.05) is 12.1 Å². The van der Waals surface area contributed by atoms with Gasteiger partial charge < -0.3 is 10.3 Å². The Morgan fingerprint density at radius 3 is 2.53 bits per heavy atom. The zero-order valence-corrected chi connectivity index (χ0v) is 8.85. The molecule has 0 spiro atoms. The minimum Gasteiger partial charge on any atom is -0.330 e.